The molecule has 0 unspecified atom stereocenters. The molecule has 20 heavy (non-hydrogen) atoms. The monoisotopic (exact) mass is 326 g/mol. The van der Waals surface area contributed by atoms with Crippen LogP contribution in [0.25, 0.3) is 0 Å². The lowest BCUT2D eigenvalue weighted by Crippen LogP contribution is -2.07. The van der Waals surface area contributed by atoms with E-state index in [1.807, 2.05) is 0 Å². The Morgan fingerprint density at radius 1 is 1.20 bits per heavy atom. The maximum Gasteiger partial charge on any atom is 0.261 e. The van der Waals surface area contributed by atoms with Crippen molar-refractivity contribution in [3.05, 3.63) is 24.0 Å². The van der Waals surface area contributed by atoms with Gasteiger partial charge in [0.25, 0.3) is 9.05 Å². The van der Waals surface area contributed by atoms with E-state index in [0.717, 1.165) is 6.07 Å². The van der Waals surface area contributed by atoms with Crippen LogP contribution in [-0.2, 0) is 18.5 Å². The first-order valence-corrected chi connectivity index (χ1v) is 8.20. The minimum absolute atomic E-state index is 0.0223. The Morgan fingerprint density at radius 3 is 2.55 bits per heavy atom. The van der Waals surface area contributed by atoms with Gasteiger partial charge in [-0.05, 0) is 18.2 Å². The van der Waals surface area contributed by atoms with Crippen molar-refractivity contribution in [3.63, 3.8) is 0 Å². The van der Waals surface area contributed by atoms with Crippen LogP contribution in [0.2, 0.25) is 0 Å². The Bertz CT molecular complexity index is 521. The van der Waals surface area contributed by atoms with Crippen LogP contribution < -0.4 is 4.74 Å². The molecule has 0 saturated carbocycles. The molecule has 0 radical (unpaired) electrons. The maximum absolute atomic E-state index is 13.6. The number of hydrogen-bond acceptors (Lipinski definition) is 5. The van der Waals surface area contributed by atoms with E-state index in [0.29, 0.717) is 26.2 Å². The van der Waals surface area contributed by atoms with Crippen LogP contribution in [0, 0.1) is 5.82 Å². The van der Waals surface area contributed by atoms with Crippen molar-refractivity contribution in [1.82, 2.24) is 0 Å². The van der Waals surface area contributed by atoms with Gasteiger partial charge < -0.3 is 14.2 Å². The number of hydrogen-bond donors (Lipinski definition) is 0. The summed E-state index contributed by atoms with van der Waals surface area (Å²) in [4.78, 5) is -0.299. The first-order valence-electron chi connectivity index (χ1n) is 5.89. The number of ether oxygens (including phenoxy) is 3. The van der Waals surface area contributed by atoms with Crippen molar-refractivity contribution >= 4 is 19.7 Å². The van der Waals surface area contributed by atoms with Crippen molar-refractivity contribution in [3.8, 4) is 5.75 Å². The van der Waals surface area contributed by atoms with Crippen LogP contribution in [0.5, 0.6) is 5.75 Å². The molecule has 1 rings (SSSR count). The normalized spacial score (nSPS) is 11.6. The van der Waals surface area contributed by atoms with Crippen LogP contribution in [0.3, 0.4) is 0 Å². The first-order chi connectivity index (χ1) is 9.45. The molecule has 0 fully saturated rings. The second kappa shape index (κ2) is 8.41. The number of rotatable bonds is 9. The van der Waals surface area contributed by atoms with Crippen molar-refractivity contribution in [2.24, 2.45) is 0 Å². The Balaban J connectivity index is 2.38. The van der Waals surface area contributed by atoms with E-state index in [9.17, 15) is 12.8 Å². The average Bonchev–Trinajstić information content (AvgIpc) is 2.38. The third kappa shape index (κ3) is 6.04. The molecule has 0 heterocycles. The lowest BCUT2D eigenvalue weighted by Gasteiger charge is -2.08. The minimum Gasteiger partial charge on any atom is -0.490 e. The Labute approximate surface area is 122 Å². The highest BCUT2D eigenvalue weighted by Crippen LogP contribution is 2.23. The van der Waals surface area contributed by atoms with Gasteiger partial charge in [0.2, 0.25) is 0 Å². The molecule has 0 bridgehead atoms. The summed E-state index contributed by atoms with van der Waals surface area (Å²) in [6.07, 6.45) is 0.582. The molecule has 0 spiro atoms. The van der Waals surface area contributed by atoms with Gasteiger partial charge in [0.1, 0.15) is 0 Å². The van der Waals surface area contributed by atoms with Gasteiger partial charge in [-0.1, -0.05) is 0 Å². The smallest absolute Gasteiger partial charge is 0.261 e. The van der Waals surface area contributed by atoms with E-state index >= 15 is 0 Å². The van der Waals surface area contributed by atoms with E-state index in [1.165, 1.54) is 12.1 Å². The zero-order chi connectivity index (χ0) is 15.0. The van der Waals surface area contributed by atoms with Gasteiger partial charge in [-0.2, -0.15) is 0 Å². The van der Waals surface area contributed by atoms with E-state index in [1.54, 1.807) is 7.11 Å². The van der Waals surface area contributed by atoms with Gasteiger partial charge in [-0.15, -0.1) is 0 Å². The Morgan fingerprint density at radius 2 is 1.95 bits per heavy atom. The van der Waals surface area contributed by atoms with Crippen molar-refractivity contribution in [2.75, 3.05) is 33.5 Å². The predicted octanol–water partition coefficient (Wildman–Crippen LogP) is 2.19. The summed E-state index contributed by atoms with van der Waals surface area (Å²) < 4.78 is 50.8. The number of methoxy groups -OCH3 is 1. The zero-order valence-corrected chi connectivity index (χ0v) is 12.5. The fraction of sp³-hybridized carbons (Fsp3) is 0.500. The summed E-state index contributed by atoms with van der Waals surface area (Å²) >= 11 is 0. The molecule has 0 aliphatic carbocycles. The molecular formula is C12H16ClFO5S. The van der Waals surface area contributed by atoms with Crippen LogP contribution in [0.15, 0.2) is 23.1 Å². The molecule has 8 heteroatoms. The predicted molar refractivity (Wildman–Crippen MR) is 72.2 cm³/mol. The molecule has 0 atom stereocenters. The molecule has 0 amide bonds. The second-order valence-electron chi connectivity index (χ2n) is 3.84. The SMILES string of the molecule is COCCOCCCOc1ccc(S(=O)(=O)Cl)cc1F. The highest BCUT2D eigenvalue weighted by atomic mass is 35.7. The molecule has 5 nitrogen and oxygen atoms in total. The molecule has 0 aliphatic rings. The zero-order valence-electron chi connectivity index (χ0n) is 11.0. The minimum atomic E-state index is -3.94. The number of benzene rings is 1. The lowest BCUT2D eigenvalue weighted by atomic mass is 10.3. The summed E-state index contributed by atoms with van der Waals surface area (Å²) in [6, 6.07) is 3.25. The van der Waals surface area contributed by atoms with Gasteiger partial charge in [-0.3, -0.25) is 0 Å². The molecule has 0 saturated heterocycles. The highest BCUT2D eigenvalue weighted by molar-refractivity contribution is 8.13. The largest absolute Gasteiger partial charge is 0.490 e. The van der Waals surface area contributed by atoms with E-state index < -0.39 is 14.9 Å². The fourth-order valence-electron chi connectivity index (χ4n) is 1.34. The molecule has 1 aromatic rings. The summed E-state index contributed by atoms with van der Waals surface area (Å²) in [5.74, 6) is -0.794. The maximum atomic E-state index is 13.6. The Kier molecular flexibility index (Phi) is 7.22. The van der Waals surface area contributed by atoms with Gasteiger partial charge in [0, 0.05) is 30.8 Å². The van der Waals surface area contributed by atoms with Crippen molar-refractivity contribution in [1.29, 1.82) is 0 Å². The summed E-state index contributed by atoms with van der Waals surface area (Å²) in [5, 5.41) is 0. The van der Waals surface area contributed by atoms with Gasteiger partial charge in [0.15, 0.2) is 11.6 Å². The topological polar surface area (TPSA) is 61.8 Å². The third-order valence-electron chi connectivity index (χ3n) is 2.31. The van der Waals surface area contributed by atoms with Crippen LogP contribution in [-0.4, -0.2) is 42.0 Å². The summed E-state index contributed by atoms with van der Waals surface area (Å²) in [6.45, 7) is 1.74. The molecule has 0 N–H and O–H groups in total. The molecule has 1 aromatic carbocycles. The van der Waals surface area contributed by atoms with Crippen molar-refractivity contribution in [2.45, 2.75) is 11.3 Å². The first kappa shape index (κ1) is 17.2. The standard InChI is InChI=1S/C12H16ClFO5S/c1-17-7-8-18-5-2-6-19-12-4-3-10(9-11(12)14)20(13,15)16/h3-4,9H,2,5-8H2,1H3. The van der Waals surface area contributed by atoms with Crippen molar-refractivity contribution < 1.29 is 27.0 Å². The van der Waals surface area contributed by atoms with Gasteiger partial charge in [-0.25, -0.2) is 12.8 Å². The molecule has 0 aliphatic heterocycles. The van der Waals surface area contributed by atoms with E-state index in [2.05, 4.69) is 0 Å². The molecule has 114 valence electrons. The number of halogens is 2. The fourth-order valence-corrected chi connectivity index (χ4v) is 2.10. The van der Waals surface area contributed by atoms with E-state index in [4.69, 9.17) is 24.9 Å². The van der Waals surface area contributed by atoms with E-state index in [-0.39, 0.29) is 17.3 Å². The highest BCUT2D eigenvalue weighted by Gasteiger charge is 2.13. The molecule has 0 aromatic heterocycles. The van der Waals surface area contributed by atoms with Crippen LogP contribution in [0.1, 0.15) is 6.42 Å². The summed E-state index contributed by atoms with van der Waals surface area (Å²) in [7, 11) is 2.76. The Hall–Kier alpha value is -0.890. The lowest BCUT2D eigenvalue weighted by molar-refractivity contribution is 0.0642. The molecular weight excluding hydrogens is 311 g/mol. The summed E-state index contributed by atoms with van der Waals surface area (Å²) in [5.41, 5.74) is 0. The van der Waals surface area contributed by atoms with Crippen LogP contribution in [0.4, 0.5) is 4.39 Å². The quantitative estimate of drug-likeness (QED) is 0.514. The van der Waals surface area contributed by atoms with Gasteiger partial charge >= 0.3 is 0 Å². The average molecular weight is 327 g/mol. The van der Waals surface area contributed by atoms with Crippen LogP contribution >= 0.6 is 10.7 Å². The third-order valence-corrected chi connectivity index (χ3v) is 3.66. The second-order valence-corrected chi connectivity index (χ2v) is 6.40. The van der Waals surface area contributed by atoms with Gasteiger partial charge in [0.05, 0.1) is 24.7 Å².